The van der Waals surface area contributed by atoms with Crippen molar-refractivity contribution in [1.82, 2.24) is 4.98 Å². The summed E-state index contributed by atoms with van der Waals surface area (Å²) in [5.41, 5.74) is 3.75. The Kier molecular flexibility index (Phi) is 8.28. The number of aromatic nitrogens is 1. The van der Waals surface area contributed by atoms with Gasteiger partial charge in [0.2, 0.25) is 13.2 Å². The van der Waals surface area contributed by atoms with Crippen LogP contribution < -0.4 is 4.74 Å². The van der Waals surface area contributed by atoms with Gasteiger partial charge in [0.1, 0.15) is 6.61 Å². The average molecular weight is 522 g/mol. The number of halogens is 1. The van der Waals surface area contributed by atoms with Gasteiger partial charge in [-0.1, -0.05) is 55.8 Å². The summed E-state index contributed by atoms with van der Waals surface area (Å²) >= 11 is 3.71. The van der Waals surface area contributed by atoms with Gasteiger partial charge in [-0.05, 0) is 71.8 Å². The van der Waals surface area contributed by atoms with Crippen LogP contribution >= 0.6 is 23.3 Å². The van der Waals surface area contributed by atoms with Gasteiger partial charge in [0.15, 0.2) is 0 Å². The minimum atomic E-state index is -2.61. The highest BCUT2D eigenvalue weighted by molar-refractivity contribution is 9.10. The summed E-state index contributed by atoms with van der Waals surface area (Å²) in [4.78, 5) is 4.43. The molecular weight excluding hydrogens is 485 g/mol. The van der Waals surface area contributed by atoms with Crippen molar-refractivity contribution in [2.75, 3.05) is 19.4 Å². The van der Waals surface area contributed by atoms with Gasteiger partial charge < -0.3 is 9.26 Å². The molecule has 1 aromatic heterocycles. The molecule has 0 saturated heterocycles. The fourth-order valence-electron chi connectivity index (χ4n) is 4.08. The third-order valence-corrected chi connectivity index (χ3v) is 9.10. The molecule has 0 amide bonds. The minimum absolute atomic E-state index is 0.177. The third-order valence-electron chi connectivity index (χ3n) is 6.52. The Morgan fingerprint density at radius 3 is 2.56 bits per heavy atom. The van der Waals surface area contributed by atoms with Crippen molar-refractivity contribution in [1.29, 1.82) is 0 Å². The van der Waals surface area contributed by atoms with Crippen molar-refractivity contribution in [3.63, 3.8) is 0 Å². The Hall–Kier alpha value is -1.16. The summed E-state index contributed by atoms with van der Waals surface area (Å²) in [6, 6.07) is 10.5. The smallest absolute Gasteiger partial charge is 0.213 e. The number of benzene rings is 1. The number of hydrogen-bond donors (Lipinski definition) is 0. The molecule has 1 fully saturated rings. The molecule has 0 bridgehead atoms. The number of nitrogens with zero attached hydrogens (tertiary/aromatic N) is 1. The van der Waals surface area contributed by atoms with Crippen LogP contribution in [0.5, 0.6) is 5.88 Å². The van der Waals surface area contributed by atoms with E-state index in [9.17, 15) is 4.57 Å². The Morgan fingerprint density at radius 1 is 1.22 bits per heavy atom. The average Bonchev–Trinajstić information content (AvgIpc) is 3.56. The molecule has 0 aliphatic heterocycles. The van der Waals surface area contributed by atoms with Crippen LogP contribution in [-0.4, -0.2) is 24.4 Å². The lowest BCUT2D eigenvalue weighted by Gasteiger charge is -2.29. The first kappa shape index (κ1) is 25.5. The summed E-state index contributed by atoms with van der Waals surface area (Å²) in [6.45, 7) is 13.7. The van der Waals surface area contributed by atoms with Gasteiger partial charge in [0, 0.05) is 29.6 Å². The van der Waals surface area contributed by atoms with Gasteiger partial charge in [-0.25, -0.2) is 4.98 Å². The van der Waals surface area contributed by atoms with E-state index in [4.69, 9.17) is 9.26 Å². The third kappa shape index (κ3) is 6.92. The zero-order valence-corrected chi connectivity index (χ0v) is 22.7. The number of hydrogen-bond acceptors (Lipinski definition) is 4. The number of rotatable bonds is 10. The molecule has 1 unspecified atom stereocenters. The monoisotopic (exact) mass is 521 g/mol. The Balaban J connectivity index is 1.73. The van der Waals surface area contributed by atoms with E-state index in [1.54, 1.807) is 12.9 Å². The topological polar surface area (TPSA) is 48.4 Å². The molecule has 32 heavy (non-hydrogen) atoms. The predicted octanol–water partition coefficient (Wildman–Crippen LogP) is 8.01. The van der Waals surface area contributed by atoms with E-state index in [0.29, 0.717) is 37.1 Å². The maximum absolute atomic E-state index is 12.8. The van der Waals surface area contributed by atoms with E-state index < -0.39 is 7.37 Å². The van der Waals surface area contributed by atoms with Gasteiger partial charge in [-0.15, -0.1) is 0 Å². The normalized spacial score (nSPS) is 18.1. The SMILES string of the molecule is CCOP(C)(=O)C[C@H](c1ccnc(OCc2ccc(Br)c([C@@H](C)C(C)(C)C)c2)c1)C1CC1. The van der Waals surface area contributed by atoms with Gasteiger partial charge in [-0.2, -0.15) is 0 Å². The molecule has 0 N–H and O–H groups in total. The van der Waals surface area contributed by atoms with Gasteiger partial charge in [-0.3, -0.25) is 4.57 Å². The molecule has 6 heteroatoms. The first-order chi connectivity index (χ1) is 15.0. The maximum Gasteiger partial charge on any atom is 0.213 e. The summed E-state index contributed by atoms with van der Waals surface area (Å²) in [5.74, 6) is 1.83. The van der Waals surface area contributed by atoms with E-state index in [1.165, 1.54) is 18.4 Å². The second-order valence-electron chi connectivity index (χ2n) is 10.2. The van der Waals surface area contributed by atoms with Crippen LogP contribution in [0.2, 0.25) is 0 Å². The van der Waals surface area contributed by atoms with E-state index in [-0.39, 0.29) is 11.3 Å². The van der Waals surface area contributed by atoms with Crippen LogP contribution in [0.3, 0.4) is 0 Å². The minimum Gasteiger partial charge on any atom is -0.473 e. The van der Waals surface area contributed by atoms with E-state index in [1.807, 2.05) is 19.1 Å². The molecule has 0 spiro atoms. The largest absolute Gasteiger partial charge is 0.473 e. The molecule has 1 heterocycles. The summed E-state index contributed by atoms with van der Waals surface area (Å²) < 4.78 is 25.6. The Morgan fingerprint density at radius 2 is 1.94 bits per heavy atom. The van der Waals surface area contributed by atoms with Gasteiger partial charge in [0.25, 0.3) is 0 Å². The lowest BCUT2D eigenvalue weighted by atomic mass is 9.77. The second-order valence-corrected chi connectivity index (χ2v) is 13.7. The number of ether oxygens (including phenoxy) is 1. The van der Waals surface area contributed by atoms with Crippen molar-refractivity contribution in [3.05, 3.63) is 57.7 Å². The molecule has 2 aromatic rings. The van der Waals surface area contributed by atoms with Crippen molar-refractivity contribution < 1.29 is 13.8 Å². The highest BCUT2D eigenvalue weighted by Crippen LogP contribution is 2.53. The predicted molar refractivity (Wildman–Crippen MR) is 136 cm³/mol. The van der Waals surface area contributed by atoms with E-state index >= 15 is 0 Å². The van der Waals surface area contributed by atoms with Crippen molar-refractivity contribution >= 4 is 23.3 Å². The molecule has 1 saturated carbocycles. The fraction of sp³-hybridized carbons (Fsp3) is 0.577. The molecule has 1 aliphatic rings. The van der Waals surface area contributed by atoms with Crippen molar-refractivity contribution in [2.45, 2.75) is 65.9 Å². The zero-order valence-electron chi connectivity index (χ0n) is 20.2. The summed E-state index contributed by atoms with van der Waals surface area (Å²) in [5, 5.41) is 0. The van der Waals surface area contributed by atoms with Crippen LogP contribution in [-0.2, 0) is 15.7 Å². The Labute approximate surface area is 202 Å². The highest BCUT2D eigenvalue weighted by Gasteiger charge is 2.36. The maximum atomic E-state index is 12.8. The molecule has 176 valence electrons. The fourth-order valence-corrected chi connectivity index (χ4v) is 6.55. The van der Waals surface area contributed by atoms with E-state index in [0.717, 1.165) is 15.6 Å². The van der Waals surface area contributed by atoms with Crippen LogP contribution in [0.4, 0.5) is 0 Å². The molecule has 3 rings (SSSR count). The van der Waals surface area contributed by atoms with Crippen LogP contribution in [0, 0.1) is 11.3 Å². The van der Waals surface area contributed by atoms with Crippen LogP contribution in [0.25, 0.3) is 0 Å². The molecular formula is C26H37BrNO3P. The van der Waals surface area contributed by atoms with E-state index in [2.05, 4.69) is 66.8 Å². The first-order valence-electron chi connectivity index (χ1n) is 11.6. The van der Waals surface area contributed by atoms with Crippen LogP contribution in [0.1, 0.15) is 76.0 Å². The molecule has 0 radical (unpaired) electrons. The summed E-state index contributed by atoms with van der Waals surface area (Å²) in [6.07, 6.45) is 4.75. The standard InChI is InChI=1S/C26H37BrNO3P/c1-7-31-32(6,29)17-23(20-9-10-20)21-12-13-28-25(15-21)30-16-19-8-11-24(27)22(14-19)18(2)26(3,4)5/h8,11-15,18,20,23H,7,9-10,16-17H2,1-6H3/t18-,23+,32?/m1/s1. The molecule has 1 aromatic carbocycles. The molecule has 1 aliphatic carbocycles. The highest BCUT2D eigenvalue weighted by atomic mass is 79.9. The molecule has 4 nitrogen and oxygen atoms in total. The first-order valence-corrected chi connectivity index (χ1v) is 14.6. The Bertz CT molecular complexity index is 968. The van der Waals surface area contributed by atoms with Gasteiger partial charge in [0.05, 0.1) is 6.61 Å². The second kappa shape index (κ2) is 10.4. The van der Waals surface area contributed by atoms with Crippen molar-refractivity contribution in [2.24, 2.45) is 11.3 Å². The molecule has 3 atom stereocenters. The zero-order chi connectivity index (χ0) is 23.5. The van der Waals surface area contributed by atoms with Gasteiger partial charge >= 0.3 is 0 Å². The quantitative estimate of drug-likeness (QED) is 0.297. The van der Waals surface area contributed by atoms with Crippen LogP contribution in [0.15, 0.2) is 41.0 Å². The lowest BCUT2D eigenvalue weighted by Crippen LogP contribution is -2.16. The summed E-state index contributed by atoms with van der Waals surface area (Å²) in [7, 11) is -2.61. The number of pyridine rings is 1. The van der Waals surface area contributed by atoms with Crippen molar-refractivity contribution in [3.8, 4) is 5.88 Å². The lowest BCUT2D eigenvalue weighted by molar-refractivity contribution is 0.292.